The van der Waals surface area contributed by atoms with Crippen LogP contribution in [0.3, 0.4) is 0 Å². The zero-order chi connectivity index (χ0) is 24.6. The van der Waals surface area contributed by atoms with E-state index in [1.165, 1.54) is 19.4 Å². The summed E-state index contributed by atoms with van der Waals surface area (Å²) in [5.74, 6) is -0.317. The highest BCUT2D eigenvalue weighted by atomic mass is 17.2. The van der Waals surface area contributed by atoms with Gasteiger partial charge in [0.1, 0.15) is 23.1 Å². The molecule has 0 saturated heterocycles. The molecule has 9 heteroatoms. The summed E-state index contributed by atoms with van der Waals surface area (Å²) in [7, 11) is 1.42. The predicted molar refractivity (Wildman–Crippen MR) is 128 cm³/mol. The number of benzene rings is 2. The zero-order valence-electron chi connectivity index (χ0n) is 18.7. The molecule has 0 fully saturated rings. The average Bonchev–Trinajstić information content (AvgIpc) is 2.88. The van der Waals surface area contributed by atoms with Gasteiger partial charge in [-0.1, -0.05) is 42.5 Å². The molecule has 2 N–H and O–H groups in total. The van der Waals surface area contributed by atoms with E-state index in [0.717, 1.165) is 11.1 Å². The van der Waals surface area contributed by atoms with E-state index < -0.39 is 17.1 Å². The van der Waals surface area contributed by atoms with Crippen molar-refractivity contribution >= 4 is 18.1 Å². The van der Waals surface area contributed by atoms with Crippen LogP contribution in [0.25, 0.3) is 12.2 Å². The van der Waals surface area contributed by atoms with Gasteiger partial charge in [0, 0.05) is 0 Å². The van der Waals surface area contributed by atoms with Crippen LogP contribution in [0.5, 0.6) is 5.75 Å². The third-order valence-electron chi connectivity index (χ3n) is 4.89. The molecule has 4 aromatic rings. The number of nitrogens with zero attached hydrogens (tertiary/aromatic N) is 1. The highest BCUT2D eigenvalue weighted by Gasteiger charge is 2.09. The van der Waals surface area contributed by atoms with Gasteiger partial charge in [-0.15, -0.1) is 0 Å². The number of ether oxygens (including phenoxy) is 1. The second-order valence-corrected chi connectivity index (χ2v) is 7.37. The molecule has 0 radical (unpaired) electrons. The van der Waals surface area contributed by atoms with Crippen molar-refractivity contribution in [3.8, 4) is 5.75 Å². The van der Waals surface area contributed by atoms with Gasteiger partial charge in [0.2, 0.25) is 0 Å². The summed E-state index contributed by atoms with van der Waals surface area (Å²) in [6.07, 6.45) is 4.37. The van der Waals surface area contributed by atoms with Gasteiger partial charge in [-0.05, 0) is 47.5 Å². The van der Waals surface area contributed by atoms with Crippen molar-refractivity contribution in [3.05, 3.63) is 127 Å². The lowest BCUT2D eigenvalue weighted by Gasteiger charge is -2.05. The number of esters is 1. The molecule has 0 amide bonds. The molecule has 2 aromatic heterocycles. The van der Waals surface area contributed by atoms with Crippen LogP contribution in [0.4, 0.5) is 0 Å². The van der Waals surface area contributed by atoms with Gasteiger partial charge >= 0.3 is 5.97 Å². The Labute approximate surface area is 198 Å². The molecule has 35 heavy (non-hydrogen) atoms. The maximum absolute atomic E-state index is 12.4. The van der Waals surface area contributed by atoms with Crippen molar-refractivity contribution in [1.29, 1.82) is 0 Å². The average molecular weight is 471 g/mol. The maximum Gasteiger partial charge on any atom is 0.343 e. The van der Waals surface area contributed by atoms with Crippen LogP contribution in [0.2, 0.25) is 0 Å². The van der Waals surface area contributed by atoms with E-state index in [1.807, 2.05) is 30.3 Å². The third kappa shape index (κ3) is 6.26. The minimum atomic E-state index is -0.547. The molecule has 0 unspecified atom stereocenters. The topological polar surface area (TPSA) is 123 Å². The summed E-state index contributed by atoms with van der Waals surface area (Å²) in [5.41, 5.74) is 1.47. The lowest BCUT2D eigenvalue weighted by molar-refractivity contribution is -0.282. The first kappa shape index (κ1) is 23.6. The van der Waals surface area contributed by atoms with Crippen LogP contribution in [0.1, 0.15) is 27.2 Å². The zero-order valence-corrected chi connectivity index (χ0v) is 18.7. The number of pyridine rings is 1. The third-order valence-corrected chi connectivity index (χ3v) is 4.89. The molecule has 176 valence electrons. The lowest BCUT2D eigenvalue weighted by atomic mass is 10.1. The predicted octanol–water partition coefficient (Wildman–Crippen LogP) is 1.41. The highest BCUT2D eigenvalue weighted by Crippen LogP contribution is 2.13. The Balaban J connectivity index is 1.49. The summed E-state index contributed by atoms with van der Waals surface area (Å²) in [4.78, 5) is 55.9. The lowest BCUT2D eigenvalue weighted by Crippen LogP contribution is -2.46. The molecule has 0 aliphatic rings. The normalized spacial score (nSPS) is 12.0. The van der Waals surface area contributed by atoms with Crippen LogP contribution in [0.15, 0.2) is 82.5 Å². The van der Waals surface area contributed by atoms with Gasteiger partial charge in [0.15, 0.2) is 0 Å². The summed E-state index contributed by atoms with van der Waals surface area (Å²) in [6.45, 7) is 0.260. The molecular weight excluding hydrogens is 450 g/mol. The largest absolute Gasteiger partial charge is 0.421 e. The van der Waals surface area contributed by atoms with E-state index in [1.54, 1.807) is 42.5 Å². The number of H-pyrrole nitrogens is 2. The van der Waals surface area contributed by atoms with Crippen LogP contribution in [0, 0.1) is 0 Å². The highest BCUT2D eigenvalue weighted by molar-refractivity contribution is 5.91. The Kier molecular flexibility index (Phi) is 7.41. The van der Waals surface area contributed by atoms with Crippen molar-refractivity contribution in [1.82, 2.24) is 15.0 Å². The van der Waals surface area contributed by atoms with Gasteiger partial charge in [-0.3, -0.25) is 14.6 Å². The van der Waals surface area contributed by atoms with E-state index in [-0.39, 0.29) is 23.1 Å². The van der Waals surface area contributed by atoms with Crippen LogP contribution < -0.4 is 26.6 Å². The van der Waals surface area contributed by atoms with E-state index in [2.05, 4.69) is 19.8 Å². The first-order valence-corrected chi connectivity index (χ1v) is 10.6. The number of rotatable bonds is 7. The number of hydrogen-bond donors (Lipinski definition) is 2. The number of carbonyl (C=O) groups excluding carboxylic acids is 1. The molecule has 0 spiro atoms. The Morgan fingerprint density at radius 3 is 2.20 bits per heavy atom. The van der Waals surface area contributed by atoms with Gasteiger partial charge in [-0.25, -0.2) is 14.6 Å². The Hall–Kier alpha value is -4.60. The SMILES string of the molecule is COOCc1ccc(C(=O)Oc2ccc(/C=c3\[nH]c(=O)/c(=C/c4ccccc4)[nH]c3=O)nc2)cc1. The second kappa shape index (κ2) is 11.0. The van der Waals surface area contributed by atoms with Gasteiger partial charge in [-0.2, -0.15) is 0 Å². The molecule has 9 nitrogen and oxygen atoms in total. The summed E-state index contributed by atoms with van der Waals surface area (Å²) >= 11 is 0. The Morgan fingerprint density at radius 2 is 1.57 bits per heavy atom. The molecule has 2 heterocycles. The van der Waals surface area contributed by atoms with Crippen molar-refractivity contribution in [2.45, 2.75) is 6.61 Å². The molecule has 2 aromatic carbocycles. The first-order valence-electron chi connectivity index (χ1n) is 10.6. The fourth-order valence-corrected chi connectivity index (χ4v) is 3.13. The summed E-state index contributed by atoms with van der Waals surface area (Å²) < 4.78 is 5.34. The van der Waals surface area contributed by atoms with Gasteiger partial charge < -0.3 is 14.7 Å². The molecule has 0 saturated carbocycles. The van der Waals surface area contributed by atoms with Crippen molar-refractivity contribution in [2.24, 2.45) is 0 Å². The Bertz CT molecular complexity index is 1540. The van der Waals surface area contributed by atoms with E-state index in [0.29, 0.717) is 11.3 Å². The van der Waals surface area contributed by atoms with Gasteiger partial charge in [0.05, 0.1) is 24.6 Å². The first-order chi connectivity index (χ1) is 17.0. The standard InChI is InChI=1S/C26H21N3O6/c1-33-34-16-18-7-9-19(10-8-18)26(32)35-21-12-11-20(27-15-21)14-23-25(31)28-22(24(30)29-23)13-17-5-3-2-4-6-17/h2-15H,16H2,1H3,(H,28,31)(H,29,30)/b22-13-,23-14-. The number of aromatic amines is 2. The minimum absolute atomic E-state index is 0.0509. The molecule has 0 atom stereocenters. The van der Waals surface area contributed by atoms with Crippen molar-refractivity contribution in [3.63, 3.8) is 0 Å². The van der Waals surface area contributed by atoms with Crippen LogP contribution in [-0.2, 0) is 16.4 Å². The molecule has 0 aliphatic carbocycles. The quantitative estimate of drug-likeness (QED) is 0.237. The Morgan fingerprint density at radius 1 is 0.886 bits per heavy atom. The monoisotopic (exact) mass is 471 g/mol. The van der Waals surface area contributed by atoms with E-state index in [9.17, 15) is 14.4 Å². The maximum atomic E-state index is 12.4. The van der Waals surface area contributed by atoms with Crippen LogP contribution >= 0.6 is 0 Å². The fourth-order valence-electron chi connectivity index (χ4n) is 3.13. The van der Waals surface area contributed by atoms with Crippen molar-refractivity contribution in [2.75, 3.05) is 7.11 Å². The smallest absolute Gasteiger partial charge is 0.343 e. The van der Waals surface area contributed by atoms with E-state index >= 15 is 0 Å². The summed E-state index contributed by atoms with van der Waals surface area (Å²) in [6, 6.07) is 19.0. The molecule has 0 aliphatic heterocycles. The van der Waals surface area contributed by atoms with Crippen LogP contribution in [-0.4, -0.2) is 28.0 Å². The number of aromatic nitrogens is 3. The number of nitrogens with one attached hydrogen (secondary N) is 2. The van der Waals surface area contributed by atoms with Crippen molar-refractivity contribution < 1.29 is 19.3 Å². The van der Waals surface area contributed by atoms with E-state index in [4.69, 9.17) is 9.62 Å². The number of carbonyl (C=O) groups is 1. The summed E-state index contributed by atoms with van der Waals surface area (Å²) in [5, 5.41) is 0.197. The second-order valence-electron chi connectivity index (χ2n) is 7.37. The fraction of sp³-hybridized carbons (Fsp3) is 0.0769. The molecule has 0 bridgehead atoms. The molecule has 4 rings (SSSR count). The minimum Gasteiger partial charge on any atom is -0.421 e. The number of hydrogen-bond acceptors (Lipinski definition) is 7. The molecular formula is C26H21N3O6. The van der Waals surface area contributed by atoms with Gasteiger partial charge in [0.25, 0.3) is 11.1 Å².